The fourth-order valence-corrected chi connectivity index (χ4v) is 13.8. The standard InChI is InChI=1S/C65H80FN7O19S/c1-36-27-41-20-14-23-45(54(41)52(28-36)93(84,85)86)67-53(76)25-11-12-26-72-33-44(68-70-72)22-9-10-24-48(75)42-31-47(73-34-46(69-71-73)40-19-13-21-43(66)30-40)59(92-64-58(80)57(79)55(77)37(2)87-64)49(32-42)89-65-61(91-63(83)39-17-7-4-8-18-39)60(56(78)51(35-74)90-65)88-50(62(81)82)29-38-15-5-3-6-16-38/h4,7-8,13-14,17-21,23,27-28,30,33-34,37-38,42,47,49-51,55-61,64-65,74,77-80H,3,5-6,9-12,15-16,22,24-26,29,31-32,35H2,1-2H3,(H,67,76)(H,81,82)(H,84,85,86)/t37?,42?,47?,49?,50-,51?,55?,56?,57?,58?,59?,60?,61?,64?,65?/m0/s1. The molecule has 2 saturated carbocycles. The summed E-state index contributed by atoms with van der Waals surface area (Å²) in [6, 6.07) is 20.4. The first-order valence-electron chi connectivity index (χ1n) is 31.6. The maximum Gasteiger partial charge on any atom is 0.338 e. The Morgan fingerprint density at radius 3 is 2.29 bits per heavy atom. The Balaban J connectivity index is 0.877. The molecule has 26 nitrogen and oxygen atoms in total. The van der Waals surface area contributed by atoms with Crippen LogP contribution in [0.2, 0.25) is 0 Å². The molecule has 15 atom stereocenters. The first kappa shape index (κ1) is 68.8. The van der Waals surface area contributed by atoms with Crippen LogP contribution in [0.1, 0.15) is 124 Å². The van der Waals surface area contributed by atoms with E-state index < -0.39 is 126 Å². The SMILES string of the molecule is Cc1cc(S(=O)(=O)O)c2c(NC(=O)CCCCn3cc(CCCCC(=O)C4CC(OC5OC(CO)C(O)C(O[C@@H](CC6CCCCC6)C(=O)O)C5OC(=O)c5ccccc5)C(OC5OC(C)C(O)C(O)C5O)C(n5cc(-c6cccc(F)c6)nn5)C4)nn3)cccc2c1. The highest BCUT2D eigenvalue weighted by atomic mass is 32.2. The molecule has 4 heterocycles. The van der Waals surface area contributed by atoms with Gasteiger partial charge in [0.05, 0.1) is 42.3 Å². The predicted molar refractivity (Wildman–Crippen MR) is 328 cm³/mol. The molecule has 4 fully saturated rings. The van der Waals surface area contributed by atoms with Crippen LogP contribution in [0.5, 0.6) is 0 Å². The average molecular weight is 1310 g/mol. The number of nitrogens with one attached hydrogen (secondary N) is 1. The molecule has 4 aliphatic rings. The van der Waals surface area contributed by atoms with E-state index in [4.69, 9.17) is 28.4 Å². The number of aliphatic hydroxyl groups is 5. The molecule has 2 aliphatic carbocycles. The number of amides is 1. The summed E-state index contributed by atoms with van der Waals surface area (Å²) < 4.78 is 90.6. The third kappa shape index (κ3) is 17.1. The van der Waals surface area contributed by atoms with Crippen LogP contribution in [0.3, 0.4) is 0 Å². The number of nitrogens with zero attached hydrogens (tertiary/aromatic N) is 6. The minimum atomic E-state index is -4.59. The normalized spacial score (nSPS) is 27.4. The summed E-state index contributed by atoms with van der Waals surface area (Å²) in [6.07, 6.45) is -10.9. The van der Waals surface area contributed by atoms with Crippen molar-refractivity contribution in [2.75, 3.05) is 11.9 Å². The number of aromatic nitrogens is 6. The molecule has 8 N–H and O–H groups in total. The average Bonchev–Trinajstić information content (AvgIpc) is 1.41. The molecule has 2 aliphatic heterocycles. The lowest BCUT2D eigenvalue weighted by atomic mass is 9.78. The summed E-state index contributed by atoms with van der Waals surface area (Å²) in [5.74, 6) is -4.33. The Kier molecular flexibility index (Phi) is 22.9. The van der Waals surface area contributed by atoms with Gasteiger partial charge in [0, 0.05) is 48.1 Å². The van der Waals surface area contributed by atoms with Gasteiger partial charge in [-0.05, 0) is 118 Å². The number of unbranched alkanes of at least 4 members (excludes halogenated alkanes) is 2. The van der Waals surface area contributed by atoms with E-state index in [2.05, 4.69) is 25.9 Å². The van der Waals surface area contributed by atoms with E-state index in [0.29, 0.717) is 60.9 Å². The molecule has 6 aromatic rings. The molecule has 2 aromatic heterocycles. The van der Waals surface area contributed by atoms with E-state index in [1.807, 2.05) is 0 Å². The molecule has 0 spiro atoms. The first-order chi connectivity index (χ1) is 44.6. The van der Waals surface area contributed by atoms with Crippen molar-refractivity contribution in [1.29, 1.82) is 0 Å². The minimum absolute atomic E-state index is 0.0180. The minimum Gasteiger partial charge on any atom is -0.479 e. The van der Waals surface area contributed by atoms with Gasteiger partial charge >= 0.3 is 11.9 Å². The lowest BCUT2D eigenvalue weighted by Gasteiger charge is -2.48. The van der Waals surface area contributed by atoms with E-state index in [1.54, 1.807) is 66.3 Å². The van der Waals surface area contributed by atoms with Crippen molar-refractivity contribution >= 4 is 50.2 Å². The lowest BCUT2D eigenvalue weighted by Crippen LogP contribution is -2.64. The molecule has 14 unspecified atom stereocenters. The first-order valence-corrected chi connectivity index (χ1v) is 33.1. The molecular weight excluding hydrogens is 1230 g/mol. The smallest absolute Gasteiger partial charge is 0.338 e. The van der Waals surface area contributed by atoms with Gasteiger partial charge in [-0.25, -0.2) is 18.7 Å². The summed E-state index contributed by atoms with van der Waals surface area (Å²) in [5, 5.41) is 87.6. The van der Waals surface area contributed by atoms with Crippen molar-refractivity contribution in [3.05, 3.63) is 120 Å². The zero-order chi connectivity index (χ0) is 66.1. The van der Waals surface area contributed by atoms with Crippen LogP contribution >= 0.6 is 0 Å². The number of ether oxygens (including phenoxy) is 6. The molecule has 502 valence electrons. The molecular formula is C65H80FN7O19S. The van der Waals surface area contributed by atoms with Gasteiger partial charge in [0.25, 0.3) is 10.1 Å². The molecule has 4 aromatic carbocycles. The van der Waals surface area contributed by atoms with Crippen molar-refractivity contribution in [2.24, 2.45) is 11.8 Å². The van der Waals surface area contributed by atoms with Crippen LogP contribution in [0.25, 0.3) is 22.0 Å². The maximum absolute atomic E-state index is 14.8. The Morgan fingerprint density at radius 1 is 0.785 bits per heavy atom. The Hall–Kier alpha value is -7.06. The van der Waals surface area contributed by atoms with Crippen molar-refractivity contribution < 1.29 is 95.6 Å². The molecule has 28 heteroatoms. The number of Topliss-reactive ketones (excluding diaryl/α,β-unsaturated/α-hetero) is 1. The summed E-state index contributed by atoms with van der Waals surface area (Å²) in [7, 11) is -4.59. The number of aliphatic hydroxyl groups excluding tert-OH is 5. The zero-order valence-electron chi connectivity index (χ0n) is 51.5. The number of benzene rings is 4. The number of anilines is 1. The number of carboxylic acids is 1. The molecule has 2 saturated heterocycles. The topological polar surface area (TPSA) is 373 Å². The highest BCUT2D eigenvalue weighted by Gasteiger charge is 2.55. The van der Waals surface area contributed by atoms with Gasteiger partial charge in [0.2, 0.25) is 5.91 Å². The number of rotatable bonds is 27. The fourth-order valence-electron chi connectivity index (χ4n) is 13.0. The van der Waals surface area contributed by atoms with Gasteiger partial charge < -0.3 is 64.4 Å². The third-order valence-electron chi connectivity index (χ3n) is 17.9. The monoisotopic (exact) mass is 1310 g/mol. The summed E-state index contributed by atoms with van der Waals surface area (Å²) in [6.45, 7) is 2.74. The Morgan fingerprint density at radius 2 is 1.55 bits per heavy atom. The Labute approximate surface area is 536 Å². The zero-order valence-corrected chi connectivity index (χ0v) is 52.3. The van der Waals surface area contributed by atoms with Gasteiger partial charge in [-0.3, -0.25) is 18.8 Å². The van der Waals surface area contributed by atoms with E-state index in [1.165, 1.54) is 54.2 Å². The van der Waals surface area contributed by atoms with Gasteiger partial charge in [-0.15, -0.1) is 10.2 Å². The van der Waals surface area contributed by atoms with Crippen molar-refractivity contribution in [3.63, 3.8) is 0 Å². The molecule has 0 radical (unpaired) electrons. The summed E-state index contributed by atoms with van der Waals surface area (Å²) >= 11 is 0. The summed E-state index contributed by atoms with van der Waals surface area (Å²) in [5.41, 5.74) is 2.16. The molecule has 0 bridgehead atoms. The Bertz CT molecular complexity index is 3650. The van der Waals surface area contributed by atoms with Crippen LogP contribution < -0.4 is 5.32 Å². The molecule has 93 heavy (non-hydrogen) atoms. The number of carbonyl (C=O) groups is 4. The van der Waals surface area contributed by atoms with Crippen molar-refractivity contribution in [1.82, 2.24) is 30.0 Å². The maximum atomic E-state index is 14.8. The second-order valence-corrected chi connectivity index (χ2v) is 26.1. The number of carboxylic acid groups (broad SMARTS) is 1. The van der Waals surface area contributed by atoms with Crippen LogP contribution in [-0.4, -0.2) is 184 Å². The van der Waals surface area contributed by atoms with Crippen molar-refractivity contribution in [3.8, 4) is 11.3 Å². The number of aryl methyl sites for hydroxylation is 3. The van der Waals surface area contributed by atoms with Crippen LogP contribution in [0.4, 0.5) is 10.1 Å². The van der Waals surface area contributed by atoms with Gasteiger partial charge in [-0.1, -0.05) is 91.1 Å². The second-order valence-electron chi connectivity index (χ2n) is 24.7. The number of fused-ring (bicyclic) bond motifs is 1. The van der Waals surface area contributed by atoms with Gasteiger partial charge in [0.1, 0.15) is 64.9 Å². The summed E-state index contributed by atoms with van der Waals surface area (Å²) in [4.78, 5) is 54.9. The predicted octanol–water partition coefficient (Wildman–Crippen LogP) is 5.84. The van der Waals surface area contributed by atoms with E-state index >= 15 is 0 Å². The molecule has 10 rings (SSSR count). The third-order valence-corrected chi connectivity index (χ3v) is 18.8. The van der Waals surface area contributed by atoms with Crippen LogP contribution in [-0.2, 0) is 65.9 Å². The quantitative estimate of drug-likeness (QED) is 0.0171. The number of hydrogen-bond donors (Lipinski definition) is 8. The van der Waals surface area contributed by atoms with Crippen LogP contribution in [0, 0.1) is 24.6 Å². The van der Waals surface area contributed by atoms with Gasteiger partial charge in [-0.2, -0.15) is 8.42 Å². The number of esters is 1. The number of halogens is 1. The fraction of sp³-hybridized carbons (Fsp3) is 0.538. The van der Waals surface area contributed by atoms with Crippen LogP contribution in [0.15, 0.2) is 102 Å². The van der Waals surface area contributed by atoms with Gasteiger partial charge in [0.15, 0.2) is 24.8 Å². The highest BCUT2D eigenvalue weighted by molar-refractivity contribution is 7.86. The van der Waals surface area contributed by atoms with Crippen molar-refractivity contribution in [2.45, 2.75) is 207 Å². The van der Waals surface area contributed by atoms with E-state index in [-0.39, 0.29) is 76.9 Å². The number of ketones is 1. The molecule has 1 amide bonds. The number of carbonyl (C=O) groups excluding carboxylic acids is 3. The number of aliphatic carboxylic acids is 1. The number of hydrogen-bond acceptors (Lipinski definition) is 21. The highest BCUT2D eigenvalue weighted by Crippen LogP contribution is 2.43. The van der Waals surface area contributed by atoms with E-state index in [9.17, 15) is 67.2 Å². The lowest BCUT2D eigenvalue weighted by molar-refractivity contribution is -0.348. The van der Waals surface area contributed by atoms with E-state index in [0.717, 1.165) is 32.1 Å². The largest absolute Gasteiger partial charge is 0.479 e. The second kappa shape index (κ2) is 31.0.